The molecule has 1 aliphatic rings. The van der Waals surface area contributed by atoms with Crippen LogP contribution < -0.4 is 5.32 Å². The minimum absolute atomic E-state index is 0.0110. The van der Waals surface area contributed by atoms with Crippen LogP contribution in [0.5, 0.6) is 0 Å². The number of carbonyl (C=O) groups is 1. The number of thiazole rings is 1. The third kappa shape index (κ3) is 2.45. The van der Waals surface area contributed by atoms with Crippen LogP contribution in [-0.4, -0.2) is 40.3 Å². The molecule has 28 heavy (non-hydrogen) atoms. The number of carbonyl (C=O) groups excluding carboxylic acids is 1. The Morgan fingerprint density at radius 1 is 1.21 bits per heavy atom. The number of sulfonamides is 1. The summed E-state index contributed by atoms with van der Waals surface area (Å²) in [5, 5.41) is 14.3. The normalized spacial score (nSPS) is 15.8. The van der Waals surface area contributed by atoms with Gasteiger partial charge in [-0.05, 0) is 19.9 Å². The van der Waals surface area contributed by atoms with Crippen molar-refractivity contribution in [2.24, 2.45) is 7.05 Å². The molecular formula is C18H18N4O4S2. The summed E-state index contributed by atoms with van der Waals surface area (Å²) in [4.78, 5) is 18.0. The fourth-order valence-corrected chi connectivity index (χ4v) is 5.76. The zero-order valence-corrected chi connectivity index (χ0v) is 17.3. The highest BCUT2D eigenvalue weighted by Crippen LogP contribution is 2.41. The van der Waals surface area contributed by atoms with Gasteiger partial charge in [-0.15, -0.1) is 11.3 Å². The highest BCUT2D eigenvalue weighted by atomic mass is 32.2. The highest BCUT2D eigenvalue weighted by molar-refractivity contribution is 7.89. The topological polar surface area (TPSA) is 105 Å². The number of nitrogens with zero attached hydrogens (tertiary/aromatic N) is 3. The van der Waals surface area contributed by atoms with Crippen molar-refractivity contribution in [1.29, 1.82) is 0 Å². The van der Waals surface area contributed by atoms with Crippen molar-refractivity contribution >= 4 is 49.1 Å². The van der Waals surface area contributed by atoms with Crippen LogP contribution in [0.1, 0.15) is 16.3 Å². The maximum absolute atomic E-state index is 13.2. The number of aromatic nitrogens is 2. The quantitative estimate of drug-likeness (QED) is 0.666. The molecule has 1 aliphatic heterocycles. The number of rotatable bonds is 2. The second kappa shape index (κ2) is 6.08. The van der Waals surface area contributed by atoms with Gasteiger partial charge in [0, 0.05) is 29.9 Å². The molecule has 10 heteroatoms. The van der Waals surface area contributed by atoms with Gasteiger partial charge in [0.1, 0.15) is 10.6 Å². The predicted molar refractivity (Wildman–Crippen MR) is 108 cm³/mol. The molecule has 0 fully saturated rings. The lowest BCUT2D eigenvalue weighted by molar-refractivity contribution is -0.113. The van der Waals surface area contributed by atoms with Gasteiger partial charge in [-0.3, -0.25) is 14.4 Å². The van der Waals surface area contributed by atoms with Crippen molar-refractivity contribution in [3.8, 4) is 0 Å². The number of aliphatic hydroxyl groups excluding tert-OH is 1. The third-order valence-corrected chi connectivity index (χ3v) is 7.73. The first kappa shape index (κ1) is 18.5. The van der Waals surface area contributed by atoms with Crippen LogP contribution in [-0.2, 0) is 21.9 Å². The molecular weight excluding hydrogens is 400 g/mol. The number of amides is 1. The first-order valence-corrected chi connectivity index (χ1v) is 10.7. The van der Waals surface area contributed by atoms with Crippen LogP contribution in [0.15, 0.2) is 34.9 Å². The number of anilines is 1. The summed E-state index contributed by atoms with van der Waals surface area (Å²) in [5.41, 5.74) is 1.17. The Labute approximate surface area is 165 Å². The number of nitrogens with one attached hydrogen (secondary N) is 1. The summed E-state index contributed by atoms with van der Waals surface area (Å²) >= 11 is 1.28. The fraction of sp³-hybridized carbons (Fsp3) is 0.222. The lowest BCUT2D eigenvalue weighted by Gasteiger charge is -2.27. The molecule has 1 aromatic carbocycles. The van der Waals surface area contributed by atoms with Crippen molar-refractivity contribution in [3.63, 3.8) is 0 Å². The van der Waals surface area contributed by atoms with Crippen molar-refractivity contribution in [2.75, 3.05) is 12.4 Å². The van der Waals surface area contributed by atoms with Gasteiger partial charge in [-0.2, -0.15) is 0 Å². The molecule has 2 N–H and O–H groups in total. The standard InChI is InChI=1S/C18H18N4O4S2/c1-9-10(2)27-18(19-9)20-17(24)14-15(23)13-16(28(25,26)22(14)4)11-7-5-6-8-12(11)21(13)3/h5-8,23H,1-4H3,(H,19,20,24). The number of fused-ring (bicyclic) bond motifs is 3. The monoisotopic (exact) mass is 418 g/mol. The summed E-state index contributed by atoms with van der Waals surface area (Å²) < 4.78 is 28.8. The molecule has 0 unspecified atom stereocenters. The van der Waals surface area contributed by atoms with Gasteiger partial charge in [0.05, 0.1) is 5.69 Å². The van der Waals surface area contributed by atoms with E-state index in [1.54, 1.807) is 35.9 Å². The number of likely N-dealkylation sites (N-methyl/N-ethyl adjacent to an activating group) is 1. The molecule has 0 saturated carbocycles. The molecule has 2 aromatic heterocycles. The molecule has 0 aliphatic carbocycles. The van der Waals surface area contributed by atoms with Crippen LogP contribution in [0.25, 0.3) is 16.7 Å². The molecule has 3 aromatic rings. The van der Waals surface area contributed by atoms with Gasteiger partial charge in [-0.1, -0.05) is 18.2 Å². The number of aliphatic hydroxyl groups is 1. The van der Waals surface area contributed by atoms with E-state index in [1.165, 1.54) is 18.4 Å². The Bertz CT molecular complexity index is 1260. The summed E-state index contributed by atoms with van der Waals surface area (Å²) in [5.74, 6) is -1.14. The van der Waals surface area contributed by atoms with Crippen LogP contribution in [0.2, 0.25) is 0 Å². The van der Waals surface area contributed by atoms with E-state index < -0.39 is 21.7 Å². The third-order valence-electron chi connectivity index (χ3n) is 4.91. The van der Waals surface area contributed by atoms with Crippen LogP contribution in [0.4, 0.5) is 5.13 Å². The minimum atomic E-state index is -4.03. The van der Waals surface area contributed by atoms with Gasteiger partial charge in [-0.25, -0.2) is 13.4 Å². The van der Waals surface area contributed by atoms with Crippen molar-refractivity contribution in [2.45, 2.75) is 18.7 Å². The summed E-state index contributed by atoms with van der Waals surface area (Å²) in [6.07, 6.45) is 0. The summed E-state index contributed by atoms with van der Waals surface area (Å²) in [6, 6.07) is 6.95. The zero-order valence-electron chi connectivity index (χ0n) is 15.6. The van der Waals surface area contributed by atoms with Crippen molar-refractivity contribution in [1.82, 2.24) is 13.9 Å². The highest BCUT2D eigenvalue weighted by Gasteiger charge is 2.41. The number of hydrogen-bond acceptors (Lipinski definition) is 6. The van der Waals surface area contributed by atoms with Gasteiger partial charge < -0.3 is 9.67 Å². The Kier molecular flexibility index (Phi) is 4.02. The Morgan fingerprint density at radius 2 is 1.89 bits per heavy atom. The molecule has 0 atom stereocenters. The number of hydrogen-bond donors (Lipinski definition) is 2. The zero-order chi connectivity index (χ0) is 20.4. The molecule has 1 amide bonds. The van der Waals surface area contributed by atoms with E-state index in [4.69, 9.17) is 0 Å². The van der Waals surface area contributed by atoms with E-state index >= 15 is 0 Å². The van der Waals surface area contributed by atoms with Crippen molar-refractivity contribution in [3.05, 3.63) is 46.2 Å². The summed E-state index contributed by atoms with van der Waals surface area (Å²) in [6.45, 7) is 3.69. The average molecular weight is 419 g/mol. The molecule has 4 rings (SSSR count). The number of para-hydroxylation sites is 1. The number of aryl methyl sites for hydroxylation is 3. The molecule has 0 bridgehead atoms. The average Bonchev–Trinajstić information content (AvgIpc) is 3.11. The molecule has 8 nitrogen and oxygen atoms in total. The smallest absolute Gasteiger partial charge is 0.278 e. The van der Waals surface area contributed by atoms with Crippen LogP contribution in [0, 0.1) is 13.8 Å². The van der Waals surface area contributed by atoms with Crippen molar-refractivity contribution < 1.29 is 18.3 Å². The lowest BCUT2D eigenvalue weighted by atomic mass is 10.2. The van der Waals surface area contributed by atoms with Crippen LogP contribution in [0.3, 0.4) is 0 Å². The summed E-state index contributed by atoms with van der Waals surface area (Å²) in [7, 11) is -1.12. The molecule has 146 valence electrons. The van der Waals surface area contributed by atoms with E-state index in [0.717, 1.165) is 14.9 Å². The largest absolute Gasteiger partial charge is 0.504 e. The fourth-order valence-electron chi connectivity index (χ4n) is 3.34. The van der Waals surface area contributed by atoms with E-state index in [-0.39, 0.29) is 16.3 Å². The predicted octanol–water partition coefficient (Wildman–Crippen LogP) is 2.75. The molecule has 0 spiro atoms. The van der Waals surface area contributed by atoms with Gasteiger partial charge in [0.15, 0.2) is 16.6 Å². The van der Waals surface area contributed by atoms with E-state index in [1.807, 2.05) is 13.8 Å². The molecule has 3 heterocycles. The van der Waals surface area contributed by atoms with Gasteiger partial charge in [0.2, 0.25) is 0 Å². The molecule has 0 radical (unpaired) electrons. The first-order chi connectivity index (χ1) is 13.1. The van der Waals surface area contributed by atoms with Gasteiger partial charge >= 0.3 is 0 Å². The lowest BCUT2D eigenvalue weighted by Crippen LogP contribution is -2.37. The first-order valence-electron chi connectivity index (χ1n) is 8.40. The second-order valence-electron chi connectivity index (χ2n) is 6.54. The molecule has 0 saturated heterocycles. The second-order valence-corrected chi connectivity index (χ2v) is 9.65. The van der Waals surface area contributed by atoms with E-state index in [2.05, 4.69) is 10.3 Å². The minimum Gasteiger partial charge on any atom is -0.504 e. The van der Waals surface area contributed by atoms with E-state index in [0.29, 0.717) is 16.0 Å². The maximum Gasteiger partial charge on any atom is 0.278 e. The maximum atomic E-state index is 13.2. The van der Waals surface area contributed by atoms with E-state index in [9.17, 15) is 18.3 Å². The SMILES string of the molecule is Cc1nc(NC(=O)C2=C(O)c3c(c4ccccc4n3C)S(=O)(=O)N2C)sc1C. The number of benzene rings is 1. The Hall–Kier alpha value is -2.85. The Morgan fingerprint density at radius 3 is 2.54 bits per heavy atom. The Balaban J connectivity index is 1.92. The van der Waals surface area contributed by atoms with Gasteiger partial charge in [0.25, 0.3) is 15.9 Å². The van der Waals surface area contributed by atoms with Crippen LogP contribution >= 0.6 is 11.3 Å².